The molecule has 246 valence electrons. The van der Waals surface area contributed by atoms with Crippen LogP contribution in [0.3, 0.4) is 0 Å². The molecule has 0 saturated carbocycles. The van der Waals surface area contributed by atoms with E-state index in [9.17, 15) is 0 Å². The fourth-order valence-corrected chi connectivity index (χ4v) is 7.35. The third-order valence-electron chi connectivity index (χ3n) is 9.24. The molecule has 0 radical (unpaired) electrons. The first-order valence-corrected chi connectivity index (χ1v) is 17.6. The Morgan fingerprint density at radius 2 is 1.20 bits per heavy atom. The number of pyridine rings is 1. The topological polar surface area (TPSA) is 54.1 Å². The molecule has 0 aliphatic heterocycles. The minimum absolute atomic E-state index is 0.649. The summed E-state index contributed by atoms with van der Waals surface area (Å²) in [7, 11) is 0. The molecule has 0 aliphatic rings. The van der Waals surface area contributed by atoms with Crippen LogP contribution in [0.25, 0.3) is 55.7 Å². The Labute approximate surface area is 303 Å². The molecule has 0 spiro atoms. The van der Waals surface area contributed by atoms with Crippen molar-refractivity contribution in [3.8, 4) is 45.9 Å². The Morgan fingerprint density at radius 1 is 0.549 bits per heavy atom. The van der Waals surface area contributed by atoms with Crippen LogP contribution in [0.15, 0.2) is 156 Å². The lowest BCUT2D eigenvalue weighted by atomic mass is 10.1. The highest BCUT2D eigenvalue weighted by molar-refractivity contribution is 9.10. The summed E-state index contributed by atoms with van der Waals surface area (Å²) >= 11 is 3.76. The molecule has 0 atom stereocenters. The highest BCUT2D eigenvalue weighted by atomic mass is 79.9. The van der Waals surface area contributed by atoms with E-state index in [0.717, 1.165) is 66.0 Å². The zero-order chi connectivity index (χ0) is 34.5. The number of hydrogen-bond donors (Lipinski definition) is 0. The molecule has 0 fully saturated rings. The van der Waals surface area contributed by atoms with Gasteiger partial charge in [-0.05, 0) is 126 Å². The minimum atomic E-state index is 0.649. The third kappa shape index (κ3) is 5.43. The smallest absolute Gasteiger partial charge is 0.145 e. The third-order valence-corrected chi connectivity index (χ3v) is 10.0. The first-order chi connectivity index (χ1) is 25.0. The van der Waals surface area contributed by atoms with Gasteiger partial charge in [0.15, 0.2) is 0 Å². The predicted octanol–water partition coefficient (Wildman–Crippen LogP) is 12.1. The van der Waals surface area contributed by atoms with Gasteiger partial charge >= 0.3 is 0 Å². The van der Waals surface area contributed by atoms with E-state index in [1.807, 2.05) is 66.9 Å². The van der Waals surface area contributed by atoms with Crippen LogP contribution < -0.4 is 9.47 Å². The van der Waals surface area contributed by atoms with E-state index >= 15 is 0 Å². The Balaban J connectivity index is 1.02. The molecule has 6 aromatic carbocycles. The second-order valence-electron chi connectivity index (χ2n) is 12.5. The van der Waals surface area contributed by atoms with Crippen LogP contribution in [0.4, 0.5) is 0 Å². The molecule has 7 heteroatoms. The molecule has 0 unspecified atom stereocenters. The van der Waals surface area contributed by atoms with Crippen molar-refractivity contribution < 1.29 is 9.47 Å². The van der Waals surface area contributed by atoms with Crippen LogP contribution in [-0.4, -0.2) is 19.1 Å². The molecule has 6 nitrogen and oxygen atoms in total. The average molecular weight is 728 g/mol. The summed E-state index contributed by atoms with van der Waals surface area (Å²) in [4.78, 5) is 9.69. The second kappa shape index (κ2) is 12.6. The Bertz CT molecular complexity index is 2710. The van der Waals surface area contributed by atoms with Crippen molar-refractivity contribution in [2.45, 2.75) is 13.8 Å². The van der Waals surface area contributed by atoms with Crippen LogP contribution in [0, 0.1) is 13.8 Å². The summed E-state index contributed by atoms with van der Waals surface area (Å²) in [5.74, 6) is 4.49. The molecular weight excluding hydrogens is 696 g/mol. The molecule has 51 heavy (non-hydrogen) atoms. The van der Waals surface area contributed by atoms with E-state index in [0.29, 0.717) is 17.2 Å². The van der Waals surface area contributed by atoms with Gasteiger partial charge in [-0.2, -0.15) is 0 Å². The van der Waals surface area contributed by atoms with E-state index in [1.54, 1.807) is 0 Å². The van der Waals surface area contributed by atoms with Gasteiger partial charge in [0, 0.05) is 22.5 Å². The Hall–Kier alpha value is -6.18. The lowest BCUT2D eigenvalue weighted by Gasteiger charge is -2.16. The minimum Gasteiger partial charge on any atom is -0.456 e. The maximum atomic E-state index is 6.48. The Morgan fingerprint density at radius 3 is 1.96 bits per heavy atom. The van der Waals surface area contributed by atoms with Crippen molar-refractivity contribution in [3.05, 3.63) is 167 Å². The summed E-state index contributed by atoms with van der Waals surface area (Å²) < 4.78 is 18.1. The molecule has 9 aromatic rings. The molecule has 9 rings (SSSR count). The molecule has 0 bridgehead atoms. The quantitative estimate of drug-likeness (QED) is 0.164. The van der Waals surface area contributed by atoms with Crippen molar-refractivity contribution in [1.82, 2.24) is 19.1 Å². The van der Waals surface area contributed by atoms with Crippen LogP contribution in [0.2, 0.25) is 0 Å². The number of aromatic nitrogens is 4. The zero-order valence-corrected chi connectivity index (χ0v) is 29.5. The van der Waals surface area contributed by atoms with Crippen LogP contribution >= 0.6 is 15.9 Å². The van der Waals surface area contributed by atoms with Gasteiger partial charge in [-0.25, -0.2) is 9.97 Å². The number of hydrogen-bond acceptors (Lipinski definition) is 4. The highest BCUT2D eigenvalue weighted by Gasteiger charge is 2.18. The van der Waals surface area contributed by atoms with Crippen LogP contribution in [0.5, 0.6) is 23.0 Å². The van der Waals surface area contributed by atoms with Gasteiger partial charge in [-0.15, -0.1) is 0 Å². The number of benzene rings is 6. The SMILES string of the molecule is Cc1cccc(C)c1-n1c(-c2ccc(Oc3cccc(Oc4ccc5c(c4)c4ccccc4n5-c4ccccn4)c3Br)cc2)nc2ccccc21. The predicted molar refractivity (Wildman–Crippen MR) is 209 cm³/mol. The van der Waals surface area contributed by atoms with E-state index in [1.165, 1.54) is 11.1 Å². The summed E-state index contributed by atoms with van der Waals surface area (Å²) in [6, 6.07) is 49.0. The first-order valence-electron chi connectivity index (χ1n) is 16.8. The Kier molecular flexibility index (Phi) is 7.63. The van der Waals surface area contributed by atoms with Crippen molar-refractivity contribution in [2.24, 2.45) is 0 Å². The van der Waals surface area contributed by atoms with Gasteiger partial charge in [0.2, 0.25) is 0 Å². The largest absolute Gasteiger partial charge is 0.456 e. The number of rotatable bonds is 7. The van der Waals surface area contributed by atoms with Gasteiger partial charge in [0.25, 0.3) is 0 Å². The van der Waals surface area contributed by atoms with E-state index in [4.69, 9.17) is 14.5 Å². The number of fused-ring (bicyclic) bond motifs is 4. The molecule has 0 aliphatic carbocycles. The second-order valence-corrected chi connectivity index (χ2v) is 13.3. The average Bonchev–Trinajstić information content (AvgIpc) is 3.70. The molecule has 0 saturated heterocycles. The number of ether oxygens (including phenoxy) is 2. The summed E-state index contributed by atoms with van der Waals surface area (Å²) in [5, 5.41) is 2.22. The normalized spacial score (nSPS) is 11.4. The van der Waals surface area contributed by atoms with Gasteiger partial charge < -0.3 is 9.47 Å². The van der Waals surface area contributed by atoms with Gasteiger partial charge in [-0.1, -0.05) is 60.7 Å². The molecular formula is C44H31BrN4O2. The van der Waals surface area contributed by atoms with Gasteiger partial charge in [-0.3, -0.25) is 9.13 Å². The number of halogens is 1. The maximum Gasteiger partial charge on any atom is 0.145 e. The number of imidazole rings is 1. The summed E-state index contributed by atoms with van der Waals surface area (Å²) in [6.07, 6.45) is 1.82. The van der Waals surface area contributed by atoms with Crippen molar-refractivity contribution in [2.75, 3.05) is 0 Å². The fraction of sp³-hybridized carbons (Fsp3) is 0.0455. The molecule has 0 amide bonds. The molecule has 3 aromatic heterocycles. The van der Waals surface area contributed by atoms with Crippen molar-refractivity contribution in [1.29, 1.82) is 0 Å². The monoisotopic (exact) mass is 726 g/mol. The van der Waals surface area contributed by atoms with E-state index in [2.05, 4.69) is 129 Å². The zero-order valence-electron chi connectivity index (χ0n) is 27.9. The standard InChI is InChI=1S/C44H31BrN4O2/c1-28-11-9-12-29(2)43(28)49-38-16-6-4-14-35(38)47-44(49)30-20-22-31(23-21-30)50-39-17-10-18-40(42(39)45)51-32-24-25-37-34(27-32)33-13-3-5-15-36(33)48(37)41-19-7-8-26-46-41/h3-27H,1-2H3. The number of nitrogens with zero attached hydrogens (tertiary/aromatic N) is 4. The lowest BCUT2D eigenvalue weighted by molar-refractivity contribution is 0.455. The first kappa shape index (κ1) is 30.8. The molecule has 3 heterocycles. The van der Waals surface area contributed by atoms with Gasteiger partial charge in [0.1, 0.15) is 39.1 Å². The van der Waals surface area contributed by atoms with Crippen LogP contribution in [0.1, 0.15) is 11.1 Å². The summed E-state index contributed by atoms with van der Waals surface area (Å²) in [5.41, 5.74) is 8.72. The highest BCUT2D eigenvalue weighted by Crippen LogP contribution is 2.41. The lowest BCUT2D eigenvalue weighted by Crippen LogP contribution is -2.02. The van der Waals surface area contributed by atoms with Gasteiger partial charge in [0.05, 0.1) is 27.8 Å². The molecule has 0 N–H and O–H groups in total. The van der Waals surface area contributed by atoms with E-state index < -0.39 is 0 Å². The van der Waals surface area contributed by atoms with E-state index in [-0.39, 0.29) is 0 Å². The summed E-state index contributed by atoms with van der Waals surface area (Å²) in [6.45, 7) is 4.29. The van der Waals surface area contributed by atoms with Crippen LogP contribution in [-0.2, 0) is 0 Å². The number of aryl methyl sites for hydroxylation is 2. The maximum absolute atomic E-state index is 6.48. The number of para-hydroxylation sites is 4. The van der Waals surface area contributed by atoms with Crippen molar-refractivity contribution in [3.63, 3.8) is 0 Å². The fourth-order valence-electron chi connectivity index (χ4n) is 6.93. The van der Waals surface area contributed by atoms with Crippen molar-refractivity contribution >= 4 is 48.8 Å².